The molecule has 25 heavy (non-hydrogen) atoms. The Hall–Kier alpha value is -0.650. The van der Waals surface area contributed by atoms with E-state index in [4.69, 9.17) is 10.5 Å². The highest BCUT2D eigenvalue weighted by Crippen LogP contribution is 2.42. The average molecular weight is 352 g/mol. The molecule has 1 amide bonds. The second-order valence-electron chi connectivity index (χ2n) is 9.44. The van der Waals surface area contributed by atoms with E-state index in [9.17, 15) is 4.79 Å². The molecule has 1 aliphatic heterocycles. The number of carbonyl (C=O) groups excluding carboxylic acids is 1. The number of morpholine rings is 1. The lowest BCUT2D eigenvalue weighted by Crippen LogP contribution is -2.51. The Labute approximate surface area is 153 Å². The van der Waals surface area contributed by atoms with Crippen LogP contribution in [-0.2, 0) is 9.53 Å². The number of rotatable bonds is 5. The molecule has 1 heterocycles. The molecule has 2 saturated carbocycles. The van der Waals surface area contributed by atoms with Crippen LogP contribution in [0.25, 0.3) is 0 Å². The van der Waals surface area contributed by atoms with Gasteiger partial charge in [0, 0.05) is 45.2 Å². The predicted molar refractivity (Wildman–Crippen MR) is 100 cm³/mol. The molecule has 0 aromatic rings. The number of nitrogens with two attached hydrogens (primary N) is 1. The molecular formula is C20H37N3O2. The largest absolute Gasteiger partial charge is 0.379 e. The smallest absolute Gasteiger partial charge is 0.225 e. The van der Waals surface area contributed by atoms with Gasteiger partial charge < -0.3 is 15.4 Å². The summed E-state index contributed by atoms with van der Waals surface area (Å²) < 4.78 is 5.44. The zero-order valence-electron chi connectivity index (χ0n) is 16.4. The molecule has 1 saturated heterocycles. The number of nitrogens with zero attached hydrogens (tertiary/aromatic N) is 2. The molecule has 2 bridgehead atoms. The fraction of sp³-hybridized carbons (Fsp3) is 0.950. The molecule has 144 valence electrons. The van der Waals surface area contributed by atoms with Crippen LogP contribution in [0.15, 0.2) is 0 Å². The van der Waals surface area contributed by atoms with Gasteiger partial charge in [0.05, 0.1) is 13.2 Å². The maximum atomic E-state index is 13.1. The van der Waals surface area contributed by atoms with Gasteiger partial charge >= 0.3 is 0 Å². The fourth-order valence-corrected chi connectivity index (χ4v) is 5.44. The minimum atomic E-state index is 0.0999. The predicted octanol–water partition coefficient (Wildman–Crippen LogP) is 1.96. The van der Waals surface area contributed by atoms with Crippen molar-refractivity contribution in [1.29, 1.82) is 0 Å². The molecule has 0 aromatic carbocycles. The van der Waals surface area contributed by atoms with Crippen LogP contribution in [0.2, 0.25) is 0 Å². The third-order valence-corrected chi connectivity index (χ3v) is 6.56. The normalized spacial score (nSPS) is 33.9. The summed E-state index contributed by atoms with van der Waals surface area (Å²) in [5.74, 6) is 1.67. The maximum absolute atomic E-state index is 13.1. The Morgan fingerprint density at radius 3 is 2.40 bits per heavy atom. The minimum Gasteiger partial charge on any atom is -0.379 e. The van der Waals surface area contributed by atoms with Crippen molar-refractivity contribution in [2.45, 2.75) is 52.0 Å². The van der Waals surface area contributed by atoms with E-state index in [1.165, 1.54) is 19.3 Å². The van der Waals surface area contributed by atoms with Crippen LogP contribution in [0.3, 0.4) is 0 Å². The second-order valence-corrected chi connectivity index (χ2v) is 9.44. The van der Waals surface area contributed by atoms with Crippen molar-refractivity contribution >= 4 is 5.91 Å². The first-order valence-electron chi connectivity index (χ1n) is 10.2. The first kappa shape index (κ1) is 19.1. The lowest BCUT2D eigenvalue weighted by atomic mass is 9.65. The van der Waals surface area contributed by atoms with Gasteiger partial charge in [0.2, 0.25) is 5.91 Å². The molecule has 2 aliphatic carbocycles. The van der Waals surface area contributed by atoms with Crippen molar-refractivity contribution < 1.29 is 9.53 Å². The highest BCUT2D eigenvalue weighted by atomic mass is 16.5. The van der Waals surface area contributed by atoms with Crippen LogP contribution < -0.4 is 5.73 Å². The lowest BCUT2D eigenvalue weighted by Gasteiger charge is -2.45. The van der Waals surface area contributed by atoms with E-state index in [0.29, 0.717) is 23.8 Å². The van der Waals surface area contributed by atoms with Crippen molar-refractivity contribution in [1.82, 2.24) is 9.80 Å². The number of carbonyl (C=O) groups is 1. The van der Waals surface area contributed by atoms with E-state index in [1.54, 1.807) is 0 Å². The van der Waals surface area contributed by atoms with Crippen molar-refractivity contribution in [3.63, 3.8) is 0 Å². The highest BCUT2D eigenvalue weighted by Gasteiger charge is 2.41. The Morgan fingerprint density at radius 2 is 1.80 bits per heavy atom. The topological polar surface area (TPSA) is 58.8 Å². The quantitative estimate of drug-likeness (QED) is 0.823. The Bertz CT molecular complexity index is 448. The second kappa shape index (κ2) is 7.93. The van der Waals surface area contributed by atoms with Gasteiger partial charge in [-0.15, -0.1) is 0 Å². The summed E-state index contributed by atoms with van der Waals surface area (Å²) in [7, 11) is 1.99. The van der Waals surface area contributed by atoms with Gasteiger partial charge in [0.25, 0.3) is 0 Å². The zero-order valence-corrected chi connectivity index (χ0v) is 16.4. The standard InChI is InChI=1S/C20H37N3O2/c1-20(2,14-23-7-9-25-10-8-23)13-22(3)19(24)17-11-15-5-4-6-16(12-17)18(15)21/h15-18H,4-14,21H2,1-3H3. The molecule has 2 unspecified atom stereocenters. The zero-order chi connectivity index (χ0) is 18.0. The molecule has 0 aromatic heterocycles. The molecule has 0 spiro atoms. The minimum absolute atomic E-state index is 0.0999. The lowest BCUT2D eigenvalue weighted by molar-refractivity contribution is -0.138. The van der Waals surface area contributed by atoms with Gasteiger partial charge in [-0.3, -0.25) is 9.69 Å². The molecule has 5 heteroatoms. The van der Waals surface area contributed by atoms with E-state index < -0.39 is 0 Å². The molecule has 3 rings (SSSR count). The molecule has 2 N–H and O–H groups in total. The number of ether oxygens (including phenoxy) is 1. The number of fused-ring (bicyclic) bond motifs is 2. The molecular weight excluding hydrogens is 314 g/mol. The van der Waals surface area contributed by atoms with Crippen LogP contribution in [-0.4, -0.2) is 68.2 Å². The summed E-state index contributed by atoms with van der Waals surface area (Å²) in [6.07, 6.45) is 5.74. The number of hydrogen-bond acceptors (Lipinski definition) is 4. The van der Waals surface area contributed by atoms with Crippen LogP contribution in [0.4, 0.5) is 0 Å². The summed E-state index contributed by atoms with van der Waals surface area (Å²) in [5.41, 5.74) is 6.49. The van der Waals surface area contributed by atoms with Crippen LogP contribution >= 0.6 is 0 Å². The monoisotopic (exact) mass is 351 g/mol. The summed E-state index contributed by atoms with van der Waals surface area (Å²) in [6.45, 7) is 10.1. The van der Waals surface area contributed by atoms with Gasteiger partial charge in [0.1, 0.15) is 0 Å². The third kappa shape index (κ3) is 4.75. The highest BCUT2D eigenvalue weighted by molar-refractivity contribution is 5.78. The molecule has 2 atom stereocenters. The summed E-state index contributed by atoms with van der Waals surface area (Å²) in [6, 6.07) is 0.334. The molecule has 5 nitrogen and oxygen atoms in total. The summed E-state index contributed by atoms with van der Waals surface area (Å²) in [5, 5.41) is 0. The van der Waals surface area contributed by atoms with E-state index >= 15 is 0 Å². The van der Waals surface area contributed by atoms with Gasteiger partial charge in [-0.2, -0.15) is 0 Å². The van der Waals surface area contributed by atoms with Crippen molar-refractivity contribution in [2.75, 3.05) is 46.4 Å². The maximum Gasteiger partial charge on any atom is 0.225 e. The molecule has 3 aliphatic rings. The Morgan fingerprint density at radius 1 is 1.20 bits per heavy atom. The average Bonchev–Trinajstić information content (AvgIpc) is 2.54. The van der Waals surface area contributed by atoms with Crippen molar-refractivity contribution in [3.8, 4) is 0 Å². The molecule has 0 radical (unpaired) electrons. The van der Waals surface area contributed by atoms with E-state index in [0.717, 1.165) is 52.2 Å². The van der Waals surface area contributed by atoms with E-state index in [1.807, 2.05) is 11.9 Å². The Kier molecular flexibility index (Phi) is 6.07. The van der Waals surface area contributed by atoms with Crippen LogP contribution in [0, 0.1) is 23.2 Å². The van der Waals surface area contributed by atoms with Crippen LogP contribution in [0.1, 0.15) is 46.0 Å². The third-order valence-electron chi connectivity index (χ3n) is 6.56. The molecule has 3 fully saturated rings. The number of amides is 1. The van der Waals surface area contributed by atoms with E-state index in [-0.39, 0.29) is 11.3 Å². The van der Waals surface area contributed by atoms with E-state index in [2.05, 4.69) is 18.7 Å². The van der Waals surface area contributed by atoms with Crippen molar-refractivity contribution in [2.24, 2.45) is 28.9 Å². The number of hydrogen-bond donors (Lipinski definition) is 1. The fourth-order valence-electron chi connectivity index (χ4n) is 5.44. The first-order valence-corrected chi connectivity index (χ1v) is 10.2. The van der Waals surface area contributed by atoms with Gasteiger partial charge in [-0.05, 0) is 42.9 Å². The summed E-state index contributed by atoms with van der Waals surface area (Å²) >= 11 is 0. The van der Waals surface area contributed by atoms with Crippen molar-refractivity contribution in [3.05, 3.63) is 0 Å². The van der Waals surface area contributed by atoms with Gasteiger partial charge in [-0.25, -0.2) is 0 Å². The first-order chi connectivity index (χ1) is 11.9. The summed E-state index contributed by atoms with van der Waals surface area (Å²) in [4.78, 5) is 17.5. The van der Waals surface area contributed by atoms with Gasteiger partial charge in [-0.1, -0.05) is 20.3 Å². The van der Waals surface area contributed by atoms with Crippen LogP contribution in [0.5, 0.6) is 0 Å². The SMILES string of the molecule is CN(CC(C)(C)CN1CCOCC1)C(=O)C1CC2CCCC(C1)C2N. The van der Waals surface area contributed by atoms with Gasteiger partial charge in [0.15, 0.2) is 0 Å². The Balaban J connectivity index is 1.53.